The number of carbonyl (C=O) groups excluding carboxylic acids is 2. The standard InChI is InChI=1S/C26H28O12/c1-36-20-11-15(3-7-17(20)28)5-9-23(32)38-26(25(34)35)12-19(30)24(33)21(13-26)37-22(31)8-4-14-2-6-16(27)18(29)10-14/h2-3,5-7,9-11,19,21,24,27-30,33H,4,8,12-13H2,1H3,(H,34,35)/t19-,21-,24-,26+/m1/s1. The number of ether oxygens (including phenoxy) is 3. The highest BCUT2D eigenvalue weighted by Gasteiger charge is 2.54. The zero-order valence-electron chi connectivity index (χ0n) is 20.3. The summed E-state index contributed by atoms with van der Waals surface area (Å²) in [6.07, 6.45) is -3.92. The maximum absolute atomic E-state index is 12.5. The smallest absolute Gasteiger partial charge is 0.348 e. The van der Waals surface area contributed by atoms with Crippen LogP contribution in [0.1, 0.15) is 30.4 Å². The first-order chi connectivity index (χ1) is 17.9. The summed E-state index contributed by atoms with van der Waals surface area (Å²) in [5.41, 5.74) is -1.34. The lowest BCUT2D eigenvalue weighted by atomic mass is 9.79. The third-order valence-corrected chi connectivity index (χ3v) is 6.09. The third kappa shape index (κ3) is 6.72. The number of aliphatic carboxylic acids is 1. The lowest BCUT2D eigenvalue weighted by molar-refractivity contribution is -0.208. The maximum atomic E-state index is 12.5. The Hall–Kier alpha value is -4.29. The Morgan fingerprint density at radius 3 is 2.37 bits per heavy atom. The van der Waals surface area contributed by atoms with Crippen LogP contribution in [0, 0.1) is 0 Å². The van der Waals surface area contributed by atoms with Gasteiger partial charge in [0, 0.05) is 25.3 Å². The van der Waals surface area contributed by atoms with Crippen LogP contribution in [0.2, 0.25) is 0 Å². The number of esters is 2. The number of aliphatic hydroxyl groups excluding tert-OH is 2. The van der Waals surface area contributed by atoms with E-state index < -0.39 is 54.7 Å². The molecule has 0 aliphatic heterocycles. The van der Waals surface area contributed by atoms with Crippen molar-refractivity contribution in [1.82, 2.24) is 0 Å². The van der Waals surface area contributed by atoms with Crippen LogP contribution in [-0.4, -0.2) is 79.6 Å². The minimum Gasteiger partial charge on any atom is -0.504 e. The number of carboxylic acids is 1. The van der Waals surface area contributed by atoms with Gasteiger partial charge in [-0.1, -0.05) is 12.1 Å². The quantitative estimate of drug-likeness (QED) is 0.154. The van der Waals surface area contributed by atoms with Crippen molar-refractivity contribution in [2.75, 3.05) is 7.11 Å². The molecule has 204 valence electrons. The summed E-state index contributed by atoms with van der Waals surface area (Å²) in [6.45, 7) is 0. The number of hydrogen-bond donors (Lipinski definition) is 6. The normalized spacial score (nSPS) is 23.1. The summed E-state index contributed by atoms with van der Waals surface area (Å²) in [6, 6.07) is 8.24. The molecule has 3 rings (SSSR count). The Morgan fingerprint density at radius 2 is 1.71 bits per heavy atom. The van der Waals surface area contributed by atoms with Crippen LogP contribution in [0.5, 0.6) is 23.0 Å². The van der Waals surface area contributed by atoms with Crippen molar-refractivity contribution >= 4 is 24.0 Å². The molecule has 0 radical (unpaired) electrons. The highest BCUT2D eigenvalue weighted by molar-refractivity contribution is 5.90. The van der Waals surface area contributed by atoms with Crippen LogP contribution < -0.4 is 4.74 Å². The number of carboxylic acid groups (broad SMARTS) is 1. The first-order valence-electron chi connectivity index (χ1n) is 11.5. The van der Waals surface area contributed by atoms with E-state index in [0.717, 1.165) is 6.08 Å². The van der Waals surface area contributed by atoms with Gasteiger partial charge in [0.1, 0.15) is 12.2 Å². The van der Waals surface area contributed by atoms with Gasteiger partial charge in [0.25, 0.3) is 0 Å². The fourth-order valence-electron chi connectivity index (χ4n) is 4.04. The molecule has 12 heteroatoms. The minimum atomic E-state index is -2.29. The Balaban J connectivity index is 1.68. The lowest BCUT2D eigenvalue weighted by Crippen LogP contribution is -2.58. The number of carbonyl (C=O) groups is 3. The van der Waals surface area contributed by atoms with Gasteiger partial charge in [-0.3, -0.25) is 4.79 Å². The number of rotatable bonds is 9. The summed E-state index contributed by atoms with van der Waals surface area (Å²) < 4.78 is 15.4. The zero-order chi connectivity index (χ0) is 28.0. The van der Waals surface area contributed by atoms with Gasteiger partial charge in [0.15, 0.2) is 23.0 Å². The van der Waals surface area contributed by atoms with Gasteiger partial charge in [-0.25, -0.2) is 9.59 Å². The summed E-state index contributed by atoms with van der Waals surface area (Å²) in [7, 11) is 1.34. The van der Waals surface area contributed by atoms with E-state index in [9.17, 15) is 45.0 Å². The topological polar surface area (TPSA) is 200 Å². The molecule has 1 aliphatic carbocycles. The number of hydrogen-bond acceptors (Lipinski definition) is 11. The maximum Gasteiger partial charge on any atom is 0.348 e. The molecule has 0 spiro atoms. The van der Waals surface area contributed by atoms with Gasteiger partial charge in [-0.05, 0) is 47.9 Å². The predicted octanol–water partition coefficient (Wildman–Crippen LogP) is 1.25. The molecule has 12 nitrogen and oxygen atoms in total. The Morgan fingerprint density at radius 1 is 1.00 bits per heavy atom. The number of aromatic hydroxyl groups is 3. The van der Waals surface area contributed by atoms with Crippen molar-refractivity contribution in [3.05, 3.63) is 53.6 Å². The molecule has 0 amide bonds. The molecule has 4 atom stereocenters. The molecule has 6 N–H and O–H groups in total. The van der Waals surface area contributed by atoms with Crippen molar-refractivity contribution in [2.45, 2.75) is 49.6 Å². The molecular weight excluding hydrogens is 504 g/mol. The Bertz CT molecular complexity index is 1220. The summed E-state index contributed by atoms with van der Waals surface area (Å²) in [5.74, 6) is -4.16. The van der Waals surface area contributed by atoms with E-state index in [1.54, 1.807) is 0 Å². The Kier molecular flexibility index (Phi) is 8.81. The molecule has 38 heavy (non-hydrogen) atoms. The average Bonchev–Trinajstić information content (AvgIpc) is 2.87. The van der Waals surface area contributed by atoms with Crippen LogP contribution in [0.15, 0.2) is 42.5 Å². The third-order valence-electron chi connectivity index (χ3n) is 6.09. The van der Waals surface area contributed by atoms with Gasteiger partial charge in [0.2, 0.25) is 5.60 Å². The van der Waals surface area contributed by atoms with Gasteiger partial charge < -0.3 is 44.8 Å². The van der Waals surface area contributed by atoms with E-state index in [-0.39, 0.29) is 35.8 Å². The number of aliphatic hydroxyl groups is 2. The fraction of sp³-hybridized carbons (Fsp3) is 0.346. The highest BCUT2D eigenvalue weighted by Crippen LogP contribution is 2.35. The molecule has 1 saturated carbocycles. The summed E-state index contributed by atoms with van der Waals surface area (Å²) in [5, 5.41) is 59.1. The number of phenols is 3. The second-order valence-electron chi connectivity index (χ2n) is 8.80. The minimum absolute atomic E-state index is 0.101. The zero-order valence-corrected chi connectivity index (χ0v) is 20.3. The molecule has 0 unspecified atom stereocenters. The van der Waals surface area contributed by atoms with Crippen molar-refractivity contribution < 1.29 is 59.2 Å². The highest BCUT2D eigenvalue weighted by atomic mass is 16.6. The molecule has 0 heterocycles. The molecule has 0 saturated heterocycles. The van der Waals surface area contributed by atoms with E-state index >= 15 is 0 Å². The van der Waals surface area contributed by atoms with Gasteiger partial charge in [-0.15, -0.1) is 0 Å². The van der Waals surface area contributed by atoms with Crippen LogP contribution in [0.4, 0.5) is 0 Å². The van der Waals surface area contributed by atoms with Gasteiger partial charge in [-0.2, -0.15) is 0 Å². The molecule has 2 aromatic rings. The predicted molar refractivity (Wildman–Crippen MR) is 129 cm³/mol. The van der Waals surface area contributed by atoms with Crippen LogP contribution >= 0.6 is 0 Å². The van der Waals surface area contributed by atoms with Crippen molar-refractivity contribution in [3.8, 4) is 23.0 Å². The first kappa shape index (κ1) is 28.3. The van der Waals surface area contributed by atoms with Crippen LogP contribution in [-0.2, 0) is 30.3 Å². The van der Waals surface area contributed by atoms with Crippen LogP contribution in [0.25, 0.3) is 6.08 Å². The number of methoxy groups -OCH3 is 1. The van der Waals surface area contributed by atoms with Crippen LogP contribution in [0.3, 0.4) is 0 Å². The molecule has 2 aromatic carbocycles. The van der Waals surface area contributed by atoms with E-state index in [1.807, 2.05) is 0 Å². The van der Waals surface area contributed by atoms with Crippen molar-refractivity contribution in [3.63, 3.8) is 0 Å². The van der Waals surface area contributed by atoms with E-state index in [1.165, 1.54) is 49.6 Å². The Labute approximate surface area is 216 Å². The number of aryl methyl sites for hydroxylation is 1. The lowest BCUT2D eigenvalue weighted by Gasteiger charge is -2.41. The second kappa shape index (κ2) is 11.8. The monoisotopic (exact) mass is 532 g/mol. The number of benzene rings is 2. The second-order valence-corrected chi connectivity index (χ2v) is 8.80. The number of phenolic OH excluding ortho intramolecular Hbond substituents is 3. The molecule has 0 aromatic heterocycles. The van der Waals surface area contributed by atoms with Crippen molar-refractivity contribution in [1.29, 1.82) is 0 Å². The van der Waals surface area contributed by atoms with E-state index in [4.69, 9.17) is 14.2 Å². The van der Waals surface area contributed by atoms with E-state index in [0.29, 0.717) is 11.1 Å². The fourth-order valence-corrected chi connectivity index (χ4v) is 4.04. The van der Waals surface area contributed by atoms with Gasteiger partial charge >= 0.3 is 17.9 Å². The molecule has 1 fully saturated rings. The van der Waals surface area contributed by atoms with E-state index in [2.05, 4.69) is 0 Å². The molecule has 0 bridgehead atoms. The first-order valence-corrected chi connectivity index (χ1v) is 11.5. The SMILES string of the molecule is COc1cc(C=CC(=O)O[C@@]2(C(=O)O)C[C@@H](O)[C@@H](O)[C@H](OC(=O)CCc3ccc(O)c(O)c3)C2)ccc1O. The largest absolute Gasteiger partial charge is 0.504 e. The van der Waals surface area contributed by atoms with Gasteiger partial charge in [0.05, 0.1) is 13.2 Å². The average molecular weight is 532 g/mol. The van der Waals surface area contributed by atoms with Crippen molar-refractivity contribution in [2.24, 2.45) is 0 Å². The molecule has 1 aliphatic rings. The summed E-state index contributed by atoms with van der Waals surface area (Å²) in [4.78, 5) is 37.0. The molecular formula is C26H28O12. The summed E-state index contributed by atoms with van der Waals surface area (Å²) >= 11 is 0.